The Hall–Kier alpha value is -2.62. The number of para-hydroxylation sites is 2. The first-order valence-corrected chi connectivity index (χ1v) is 11.0. The zero-order valence-corrected chi connectivity index (χ0v) is 21.1. The topological polar surface area (TPSA) is 83.3 Å². The van der Waals surface area contributed by atoms with Crippen molar-refractivity contribution in [2.24, 2.45) is 4.99 Å². The maximum atomic E-state index is 12.0. The number of aryl methyl sites for hydroxylation is 2. The summed E-state index contributed by atoms with van der Waals surface area (Å²) in [6.07, 6.45) is 1.76. The van der Waals surface area contributed by atoms with Gasteiger partial charge >= 0.3 is 0 Å². The first kappa shape index (κ1) is 25.6. The number of fused-ring (bicyclic) bond motifs is 1. The number of hydrogen-bond acceptors (Lipinski definition) is 3. The molecule has 0 bridgehead atoms. The number of nitrogens with one attached hydrogen (secondary N) is 3. The largest absolute Gasteiger partial charge is 0.357 e. The van der Waals surface area contributed by atoms with Crippen LogP contribution in [0.2, 0.25) is 0 Å². The Kier molecular flexibility index (Phi) is 11.0. The van der Waals surface area contributed by atoms with Gasteiger partial charge in [0.2, 0.25) is 0 Å². The minimum atomic E-state index is -0.0384. The van der Waals surface area contributed by atoms with E-state index in [9.17, 15) is 4.79 Å². The monoisotopic (exact) mass is 548 g/mol. The lowest BCUT2D eigenvalue weighted by Crippen LogP contribution is -2.39. The van der Waals surface area contributed by atoms with Crippen LogP contribution in [0.1, 0.15) is 35.9 Å². The van der Waals surface area contributed by atoms with Crippen molar-refractivity contribution in [1.29, 1.82) is 0 Å². The van der Waals surface area contributed by atoms with Gasteiger partial charge in [-0.15, -0.1) is 24.0 Å². The maximum absolute atomic E-state index is 12.0. The number of amides is 1. The lowest BCUT2D eigenvalue weighted by molar-refractivity contribution is 0.0953. The van der Waals surface area contributed by atoms with Crippen molar-refractivity contribution in [3.8, 4) is 0 Å². The van der Waals surface area contributed by atoms with Crippen LogP contribution in [0.5, 0.6) is 0 Å². The minimum absolute atomic E-state index is 0. The molecule has 0 saturated heterocycles. The molecule has 2 aromatic carbocycles. The smallest absolute Gasteiger partial charge is 0.251 e. The van der Waals surface area contributed by atoms with Crippen LogP contribution in [0.15, 0.2) is 59.6 Å². The average Bonchev–Trinajstić information content (AvgIpc) is 3.11. The number of imidazole rings is 1. The van der Waals surface area contributed by atoms with Crippen molar-refractivity contribution in [3.05, 3.63) is 66.0 Å². The molecular weight excluding hydrogens is 515 g/mol. The molecule has 0 saturated carbocycles. The van der Waals surface area contributed by atoms with Gasteiger partial charge in [0.15, 0.2) is 5.96 Å². The molecule has 172 valence electrons. The Bertz CT molecular complexity index is 1000. The highest BCUT2D eigenvalue weighted by Crippen LogP contribution is 2.15. The van der Waals surface area contributed by atoms with E-state index in [4.69, 9.17) is 0 Å². The van der Waals surface area contributed by atoms with Gasteiger partial charge in [-0.25, -0.2) is 4.98 Å². The van der Waals surface area contributed by atoms with Crippen molar-refractivity contribution in [2.45, 2.75) is 33.2 Å². The van der Waals surface area contributed by atoms with Crippen LogP contribution in [0.4, 0.5) is 0 Å². The highest BCUT2D eigenvalue weighted by atomic mass is 127. The van der Waals surface area contributed by atoms with Crippen LogP contribution in [0.25, 0.3) is 11.0 Å². The second kappa shape index (κ2) is 13.7. The second-order valence-corrected chi connectivity index (χ2v) is 7.32. The van der Waals surface area contributed by atoms with Gasteiger partial charge < -0.3 is 20.5 Å². The van der Waals surface area contributed by atoms with Crippen molar-refractivity contribution in [1.82, 2.24) is 25.5 Å². The molecule has 1 aromatic heterocycles. The van der Waals surface area contributed by atoms with Crippen LogP contribution in [0, 0.1) is 6.92 Å². The van der Waals surface area contributed by atoms with Gasteiger partial charge in [-0.05, 0) is 51.0 Å². The normalized spacial score (nSPS) is 11.1. The van der Waals surface area contributed by atoms with Crippen molar-refractivity contribution >= 4 is 46.9 Å². The van der Waals surface area contributed by atoms with E-state index in [1.54, 1.807) is 0 Å². The molecule has 0 radical (unpaired) electrons. The van der Waals surface area contributed by atoms with E-state index in [0.29, 0.717) is 12.1 Å². The Morgan fingerprint density at radius 1 is 0.969 bits per heavy atom. The van der Waals surface area contributed by atoms with Gasteiger partial charge in [-0.1, -0.05) is 30.3 Å². The average molecular weight is 548 g/mol. The number of carbonyl (C=O) groups is 1. The molecule has 0 aliphatic carbocycles. The molecule has 0 aliphatic rings. The number of carbonyl (C=O) groups excluding carboxylic acids is 1. The Balaban J connectivity index is 0.00000363. The van der Waals surface area contributed by atoms with Gasteiger partial charge in [-0.3, -0.25) is 9.79 Å². The third kappa shape index (κ3) is 7.51. The number of hydrogen-bond donors (Lipinski definition) is 3. The third-order valence-corrected chi connectivity index (χ3v) is 4.97. The molecule has 3 aromatic rings. The zero-order valence-electron chi connectivity index (χ0n) is 18.8. The highest BCUT2D eigenvalue weighted by molar-refractivity contribution is 14.0. The van der Waals surface area contributed by atoms with Crippen LogP contribution >= 0.6 is 24.0 Å². The van der Waals surface area contributed by atoms with Crippen LogP contribution in [-0.4, -0.2) is 47.6 Å². The van der Waals surface area contributed by atoms with E-state index in [1.807, 2.05) is 55.5 Å². The second-order valence-electron chi connectivity index (χ2n) is 7.32. The SMILES string of the molecule is CCNC(=NCCCn1c(C)nc2ccccc21)NCCCNC(=O)c1ccccc1.I. The van der Waals surface area contributed by atoms with Crippen LogP contribution < -0.4 is 16.0 Å². The quantitative estimate of drug-likeness (QED) is 0.156. The Morgan fingerprint density at radius 2 is 1.69 bits per heavy atom. The van der Waals surface area contributed by atoms with Crippen LogP contribution in [0.3, 0.4) is 0 Å². The summed E-state index contributed by atoms with van der Waals surface area (Å²) >= 11 is 0. The summed E-state index contributed by atoms with van der Waals surface area (Å²) in [6.45, 7) is 7.89. The van der Waals surface area contributed by atoms with E-state index >= 15 is 0 Å². The van der Waals surface area contributed by atoms with Gasteiger partial charge in [0.1, 0.15) is 5.82 Å². The highest BCUT2D eigenvalue weighted by Gasteiger charge is 2.06. The summed E-state index contributed by atoms with van der Waals surface area (Å²) < 4.78 is 2.25. The number of benzene rings is 2. The molecule has 1 amide bonds. The molecule has 0 atom stereocenters. The summed E-state index contributed by atoms with van der Waals surface area (Å²) in [7, 11) is 0. The predicted molar refractivity (Wildman–Crippen MR) is 142 cm³/mol. The molecule has 0 fully saturated rings. The van der Waals surface area contributed by atoms with Gasteiger partial charge in [0.25, 0.3) is 5.91 Å². The fourth-order valence-electron chi connectivity index (χ4n) is 3.43. The minimum Gasteiger partial charge on any atom is -0.357 e. The number of nitrogens with zero attached hydrogens (tertiary/aromatic N) is 3. The third-order valence-electron chi connectivity index (χ3n) is 4.97. The summed E-state index contributed by atoms with van der Waals surface area (Å²) in [4.78, 5) is 21.3. The lowest BCUT2D eigenvalue weighted by Gasteiger charge is -2.12. The zero-order chi connectivity index (χ0) is 21.9. The molecule has 3 N–H and O–H groups in total. The van der Waals surface area contributed by atoms with Crippen molar-refractivity contribution < 1.29 is 4.79 Å². The standard InChI is InChI=1S/C24H32N6O.HI/c1-3-25-24(27-16-9-15-26-23(31)20-11-5-4-6-12-20)28-17-10-18-30-19(2)29-21-13-7-8-14-22(21)30;/h4-8,11-14H,3,9-10,15-18H2,1-2H3,(H,26,31)(H2,25,27,28);1H. The first-order valence-electron chi connectivity index (χ1n) is 11.0. The van der Waals surface area contributed by atoms with E-state index in [2.05, 4.69) is 43.5 Å². The molecule has 3 rings (SSSR count). The molecule has 1 heterocycles. The molecule has 7 nitrogen and oxygen atoms in total. The Labute approximate surface area is 207 Å². The summed E-state index contributed by atoms with van der Waals surface area (Å²) in [5.41, 5.74) is 2.90. The number of rotatable bonds is 10. The van der Waals surface area contributed by atoms with Gasteiger partial charge in [0, 0.05) is 38.3 Å². The number of guanidine groups is 1. The van der Waals surface area contributed by atoms with Crippen LogP contribution in [-0.2, 0) is 6.54 Å². The van der Waals surface area contributed by atoms with Gasteiger partial charge in [0.05, 0.1) is 11.0 Å². The number of halogens is 1. The molecule has 0 unspecified atom stereocenters. The lowest BCUT2D eigenvalue weighted by atomic mass is 10.2. The summed E-state index contributed by atoms with van der Waals surface area (Å²) in [6, 6.07) is 17.5. The first-order chi connectivity index (χ1) is 15.2. The summed E-state index contributed by atoms with van der Waals surface area (Å²) in [5, 5.41) is 9.56. The molecular formula is C24H33IN6O. The predicted octanol–water partition coefficient (Wildman–Crippen LogP) is 3.73. The van der Waals surface area contributed by atoms with E-state index in [0.717, 1.165) is 56.3 Å². The van der Waals surface area contributed by atoms with E-state index in [1.165, 1.54) is 5.52 Å². The molecule has 0 aliphatic heterocycles. The van der Waals surface area contributed by atoms with Crippen molar-refractivity contribution in [3.63, 3.8) is 0 Å². The van der Waals surface area contributed by atoms with Gasteiger partial charge in [-0.2, -0.15) is 0 Å². The molecule has 8 heteroatoms. The fraction of sp³-hybridized carbons (Fsp3) is 0.375. The van der Waals surface area contributed by atoms with E-state index < -0.39 is 0 Å². The number of aliphatic imine (C=N–C) groups is 1. The Morgan fingerprint density at radius 3 is 2.47 bits per heavy atom. The van der Waals surface area contributed by atoms with E-state index in [-0.39, 0.29) is 29.9 Å². The number of aromatic nitrogens is 2. The maximum Gasteiger partial charge on any atom is 0.251 e. The molecule has 0 spiro atoms. The summed E-state index contributed by atoms with van der Waals surface area (Å²) in [5.74, 6) is 1.81. The van der Waals surface area contributed by atoms with Crippen molar-refractivity contribution in [2.75, 3.05) is 26.2 Å². The fourth-order valence-corrected chi connectivity index (χ4v) is 3.43. The molecule has 32 heavy (non-hydrogen) atoms.